The van der Waals surface area contributed by atoms with Gasteiger partial charge in [0.1, 0.15) is 11.2 Å². The second kappa shape index (κ2) is 2.74. The van der Waals surface area contributed by atoms with Gasteiger partial charge in [-0.3, -0.25) is 4.79 Å². The van der Waals surface area contributed by atoms with E-state index in [0.29, 0.717) is 10.5 Å². The topological polar surface area (TPSA) is 86.2 Å². The summed E-state index contributed by atoms with van der Waals surface area (Å²) in [5.41, 5.74) is 5.84. The molecule has 15 heavy (non-hydrogen) atoms. The highest BCUT2D eigenvalue weighted by Crippen LogP contribution is 2.23. The largest absolute Gasteiger partial charge is 0.365 e. The van der Waals surface area contributed by atoms with Gasteiger partial charge in [0.15, 0.2) is 5.65 Å². The Labute approximate surface area is 87.3 Å². The normalized spacial score (nSPS) is 11.2. The minimum atomic E-state index is -0.436. The average Bonchev–Trinajstić information content (AvgIpc) is 2.77. The highest BCUT2D eigenvalue weighted by molar-refractivity contribution is 7.20. The number of aromatic nitrogens is 4. The summed E-state index contributed by atoms with van der Waals surface area (Å²) < 4.78 is 1.56. The third kappa shape index (κ3) is 1.17. The molecule has 0 unspecified atom stereocenters. The van der Waals surface area contributed by atoms with E-state index in [0.717, 1.165) is 10.2 Å². The van der Waals surface area contributed by atoms with E-state index >= 15 is 0 Å². The molecular weight excluding hydrogens is 214 g/mol. The van der Waals surface area contributed by atoms with Gasteiger partial charge in [-0.15, -0.1) is 21.5 Å². The van der Waals surface area contributed by atoms with Crippen molar-refractivity contribution >= 4 is 33.1 Å². The molecule has 3 heterocycles. The van der Waals surface area contributed by atoms with Crippen LogP contribution >= 0.6 is 11.3 Å². The van der Waals surface area contributed by atoms with Gasteiger partial charge in [-0.2, -0.15) is 9.61 Å². The Morgan fingerprint density at radius 2 is 2.33 bits per heavy atom. The van der Waals surface area contributed by atoms with Gasteiger partial charge in [0.25, 0.3) is 5.91 Å². The van der Waals surface area contributed by atoms with Gasteiger partial charge in [0, 0.05) is 5.39 Å². The molecule has 2 N–H and O–H groups in total. The van der Waals surface area contributed by atoms with E-state index in [-0.39, 0.29) is 0 Å². The summed E-state index contributed by atoms with van der Waals surface area (Å²) >= 11 is 1.26. The maximum absolute atomic E-state index is 11.0. The van der Waals surface area contributed by atoms with Gasteiger partial charge in [-0.05, 0) is 12.1 Å². The fourth-order valence-electron chi connectivity index (χ4n) is 1.35. The van der Waals surface area contributed by atoms with Crippen molar-refractivity contribution in [1.82, 2.24) is 19.8 Å². The molecule has 3 aromatic rings. The minimum Gasteiger partial charge on any atom is -0.365 e. The smallest absolute Gasteiger partial charge is 0.258 e. The number of hydrogen-bond donors (Lipinski definition) is 1. The van der Waals surface area contributed by atoms with Crippen molar-refractivity contribution in [3.8, 4) is 0 Å². The summed E-state index contributed by atoms with van der Waals surface area (Å²) in [6.45, 7) is 0. The quantitative estimate of drug-likeness (QED) is 0.643. The van der Waals surface area contributed by atoms with Gasteiger partial charge in [-0.25, -0.2) is 0 Å². The third-order valence-electron chi connectivity index (χ3n) is 2.02. The summed E-state index contributed by atoms with van der Waals surface area (Å²) in [5.74, 6) is -0.436. The van der Waals surface area contributed by atoms with Crippen LogP contribution in [0.1, 0.15) is 9.67 Å². The summed E-state index contributed by atoms with van der Waals surface area (Å²) in [7, 11) is 0. The maximum atomic E-state index is 11.0. The maximum Gasteiger partial charge on any atom is 0.258 e. The number of fused-ring (bicyclic) bond motifs is 2. The number of amides is 1. The summed E-state index contributed by atoms with van der Waals surface area (Å²) in [5, 5.41) is 12.7. The van der Waals surface area contributed by atoms with Crippen LogP contribution in [0.5, 0.6) is 0 Å². The Bertz CT molecular complexity index is 622. The van der Waals surface area contributed by atoms with E-state index in [1.165, 1.54) is 17.7 Å². The molecule has 0 radical (unpaired) electrons. The minimum absolute atomic E-state index is 0.436. The first-order chi connectivity index (χ1) is 7.24. The van der Waals surface area contributed by atoms with Gasteiger partial charge >= 0.3 is 0 Å². The highest BCUT2D eigenvalue weighted by atomic mass is 32.1. The third-order valence-corrected chi connectivity index (χ3v) is 3.07. The Kier molecular flexibility index (Phi) is 1.51. The average molecular weight is 219 g/mol. The van der Waals surface area contributed by atoms with Crippen molar-refractivity contribution in [1.29, 1.82) is 0 Å². The molecular formula is C8H5N5OS. The summed E-state index contributed by atoms with van der Waals surface area (Å²) in [6.07, 6.45) is 1.51. The molecule has 0 aliphatic rings. The molecule has 74 valence electrons. The zero-order chi connectivity index (χ0) is 10.4. The van der Waals surface area contributed by atoms with Gasteiger partial charge in [0.05, 0.1) is 4.88 Å². The van der Waals surface area contributed by atoms with Crippen molar-refractivity contribution in [3.05, 3.63) is 23.3 Å². The summed E-state index contributed by atoms with van der Waals surface area (Å²) in [6, 6.07) is 3.53. The second-order valence-corrected chi connectivity index (χ2v) is 4.04. The number of primary amides is 1. The number of carbonyl (C=O) groups excluding carboxylic acids is 1. The fraction of sp³-hybridized carbons (Fsp3) is 0. The first-order valence-electron chi connectivity index (χ1n) is 4.14. The molecule has 1 amide bonds. The lowest BCUT2D eigenvalue weighted by molar-refractivity contribution is 0.100. The van der Waals surface area contributed by atoms with E-state index in [1.54, 1.807) is 10.6 Å². The first-order valence-corrected chi connectivity index (χ1v) is 4.96. The molecule has 0 atom stereocenters. The van der Waals surface area contributed by atoms with Crippen LogP contribution in [0.4, 0.5) is 0 Å². The molecule has 0 saturated heterocycles. The molecule has 7 heteroatoms. The lowest BCUT2D eigenvalue weighted by atomic mass is 10.3. The molecule has 3 rings (SSSR count). The van der Waals surface area contributed by atoms with Crippen LogP contribution in [-0.4, -0.2) is 25.7 Å². The van der Waals surface area contributed by atoms with E-state index in [2.05, 4.69) is 15.3 Å². The van der Waals surface area contributed by atoms with E-state index < -0.39 is 5.91 Å². The van der Waals surface area contributed by atoms with Gasteiger partial charge in [-0.1, -0.05) is 0 Å². The molecule has 0 aliphatic carbocycles. The Morgan fingerprint density at radius 1 is 1.47 bits per heavy atom. The fourth-order valence-corrected chi connectivity index (χ4v) is 2.21. The number of nitrogens with zero attached hydrogens (tertiary/aromatic N) is 4. The SMILES string of the molecule is NC(=O)c1cc2cc3nncn3nc2s1. The molecule has 3 aromatic heterocycles. The predicted octanol–water partition coefficient (Wildman–Crippen LogP) is 0.438. The van der Waals surface area contributed by atoms with Crippen LogP contribution in [-0.2, 0) is 0 Å². The molecule has 0 spiro atoms. The second-order valence-electron chi connectivity index (χ2n) is 3.01. The predicted molar refractivity (Wildman–Crippen MR) is 54.7 cm³/mol. The zero-order valence-corrected chi connectivity index (χ0v) is 8.23. The standard InChI is InChI=1S/C8H5N5OS/c9-7(14)5-1-4-2-6-11-10-3-13(6)12-8(4)15-5/h1-3H,(H2,9,14). The van der Waals surface area contributed by atoms with Crippen LogP contribution in [0.3, 0.4) is 0 Å². The van der Waals surface area contributed by atoms with Crippen LogP contribution in [0.15, 0.2) is 18.5 Å². The molecule has 0 saturated carbocycles. The van der Waals surface area contributed by atoms with Crippen LogP contribution in [0.2, 0.25) is 0 Å². The van der Waals surface area contributed by atoms with E-state index in [1.807, 2.05) is 6.07 Å². The van der Waals surface area contributed by atoms with Crippen molar-refractivity contribution < 1.29 is 4.79 Å². The Balaban J connectivity index is 2.38. The molecule has 6 nitrogen and oxygen atoms in total. The molecule has 0 bridgehead atoms. The highest BCUT2D eigenvalue weighted by Gasteiger charge is 2.09. The number of rotatable bonds is 1. The van der Waals surface area contributed by atoms with Crippen LogP contribution < -0.4 is 5.73 Å². The lowest BCUT2D eigenvalue weighted by Gasteiger charge is -1.89. The number of thiophene rings is 1. The van der Waals surface area contributed by atoms with E-state index in [4.69, 9.17) is 5.73 Å². The van der Waals surface area contributed by atoms with Crippen LogP contribution in [0.25, 0.3) is 15.9 Å². The Hall–Kier alpha value is -2.02. The van der Waals surface area contributed by atoms with Crippen LogP contribution in [0, 0.1) is 0 Å². The lowest BCUT2D eigenvalue weighted by Crippen LogP contribution is -2.07. The van der Waals surface area contributed by atoms with Crippen molar-refractivity contribution in [2.75, 3.05) is 0 Å². The monoisotopic (exact) mass is 219 g/mol. The molecule has 0 fully saturated rings. The first kappa shape index (κ1) is 8.30. The zero-order valence-electron chi connectivity index (χ0n) is 7.41. The number of carbonyl (C=O) groups is 1. The number of hydrogen-bond acceptors (Lipinski definition) is 5. The van der Waals surface area contributed by atoms with Crippen molar-refractivity contribution in [2.24, 2.45) is 5.73 Å². The Morgan fingerprint density at radius 3 is 3.13 bits per heavy atom. The molecule has 0 aromatic carbocycles. The molecule has 0 aliphatic heterocycles. The van der Waals surface area contributed by atoms with Crippen molar-refractivity contribution in [2.45, 2.75) is 0 Å². The van der Waals surface area contributed by atoms with Gasteiger partial charge in [0.2, 0.25) is 0 Å². The van der Waals surface area contributed by atoms with Gasteiger partial charge < -0.3 is 5.73 Å². The van der Waals surface area contributed by atoms with E-state index in [9.17, 15) is 4.79 Å². The van der Waals surface area contributed by atoms with Crippen molar-refractivity contribution in [3.63, 3.8) is 0 Å². The summed E-state index contributed by atoms with van der Waals surface area (Å²) in [4.78, 5) is 12.2. The number of nitrogens with two attached hydrogens (primary N) is 1.